The molecular formula is C37H49FN6O6. The number of benzene rings is 2. The monoisotopic (exact) mass is 692 g/mol. The van der Waals surface area contributed by atoms with E-state index >= 15 is 0 Å². The van der Waals surface area contributed by atoms with Crippen molar-refractivity contribution in [2.75, 3.05) is 26.7 Å². The molecule has 4 amide bonds. The molecule has 1 aliphatic heterocycles. The largest absolute Gasteiger partial charge is 0.444 e. The molecule has 1 fully saturated rings. The summed E-state index contributed by atoms with van der Waals surface area (Å²) in [6, 6.07) is 13.0. The molecule has 0 aliphatic carbocycles. The van der Waals surface area contributed by atoms with E-state index in [2.05, 4.69) is 15.5 Å². The first-order chi connectivity index (χ1) is 23.4. The van der Waals surface area contributed by atoms with Crippen molar-refractivity contribution >= 4 is 23.8 Å². The fourth-order valence-electron chi connectivity index (χ4n) is 5.65. The first kappa shape index (κ1) is 38.0. The molecule has 1 N–H and O–H groups in total. The van der Waals surface area contributed by atoms with Gasteiger partial charge in [0.2, 0.25) is 17.7 Å². The van der Waals surface area contributed by atoms with Crippen molar-refractivity contribution in [3.05, 3.63) is 71.9 Å². The number of likely N-dealkylation sites (tertiary alicyclic amines) is 1. The maximum Gasteiger partial charge on any atom is 0.410 e. The van der Waals surface area contributed by atoms with Crippen LogP contribution < -0.4 is 5.32 Å². The molecule has 0 saturated carbocycles. The highest BCUT2D eigenvalue weighted by Crippen LogP contribution is 2.27. The molecule has 12 nitrogen and oxygen atoms in total. The maximum atomic E-state index is 14.3. The number of halogens is 1. The Morgan fingerprint density at radius 2 is 1.68 bits per heavy atom. The van der Waals surface area contributed by atoms with Gasteiger partial charge in [0, 0.05) is 38.3 Å². The lowest BCUT2D eigenvalue weighted by Gasteiger charge is -2.38. The summed E-state index contributed by atoms with van der Waals surface area (Å²) in [5.41, 5.74) is 0.0872. The number of hydrogen-bond acceptors (Lipinski definition) is 8. The third-order valence-electron chi connectivity index (χ3n) is 8.63. The van der Waals surface area contributed by atoms with Crippen LogP contribution in [-0.4, -0.2) is 99.1 Å². The van der Waals surface area contributed by atoms with Gasteiger partial charge < -0.3 is 24.3 Å². The third-order valence-corrected chi connectivity index (χ3v) is 8.63. The third kappa shape index (κ3) is 9.88. The number of carbonyl (C=O) groups excluding carboxylic acids is 4. The molecule has 0 bridgehead atoms. The average molecular weight is 693 g/mol. The van der Waals surface area contributed by atoms with Gasteiger partial charge in [-0.1, -0.05) is 51.1 Å². The minimum absolute atomic E-state index is 0.178. The Kier molecular flexibility index (Phi) is 12.0. The van der Waals surface area contributed by atoms with Gasteiger partial charge in [-0.15, -0.1) is 10.2 Å². The molecule has 0 radical (unpaired) electrons. The summed E-state index contributed by atoms with van der Waals surface area (Å²) in [5, 5.41) is 11.0. The van der Waals surface area contributed by atoms with Crippen LogP contribution >= 0.6 is 0 Å². The molecule has 1 aliphatic rings. The summed E-state index contributed by atoms with van der Waals surface area (Å²) in [7, 11) is 1.48. The SMILES string of the molecule is C[C@@H](C(=O)N[C@H](C(=O)N1CCC[C@H]1CN(CCc1ccc(F)cc1)C(=O)c1nnc(-c2ccccc2)o1)C(C)(C)C)N(C)C(=O)OC(C)(C)C. The molecule has 270 valence electrons. The Hall–Kier alpha value is -4.81. The van der Waals surface area contributed by atoms with Crippen molar-refractivity contribution in [3.8, 4) is 11.5 Å². The van der Waals surface area contributed by atoms with Gasteiger partial charge in [0.25, 0.3) is 0 Å². The highest BCUT2D eigenvalue weighted by molar-refractivity contribution is 5.92. The Labute approximate surface area is 293 Å². The minimum atomic E-state index is -0.919. The molecule has 2 aromatic carbocycles. The fraction of sp³-hybridized carbons (Fsp3) is 0.514. The van der Waals surface area contributed by atoms with E-state index in [4.69, 9.17) is 9.15 Å². The summed E-state index contributed by atoms with van der Waals surface area (Å²) >= 11 is 0. The Bertz CT molecular complexity index is 1630. The molecule has 4 rings (SSSR count). The Morgan fingerprint density at radius 1 is 1.02 bits per heavy atom. The standard InChI is InChI=1S/C37H49FN6O6/c1-24(42(8)35(48)50-37(5,6)7)30(45)39-29(36(2,3)4)33(46)44-21-12-15-28(44)23-43(22-20-25-16-18-27(38)19-17-25)34(47)32-41-40-31(49-32)26-13-10-9-11-14-26/h9-11,13-14,16-19,24,28-29H,12,15,20-23H2,1-8H3,(H,39,45)/t24-,28-,29+/m0/s1. The molecule has 3 aromatic rings. The van der Waals surface area contributed by atoms with Crippen molar-refractivity contribution < 1.29 is 32.7 Å². The van der Waals surface area contributed by atoms with Crippen LogP contribution in [0, 0.1) is 11.2 Å². The fourth-order valence-corrected chi connectivity index (χ4v) is 5.65. The first-order valence-electron chi connectivity index (χ1n) is 16.9. The summed E-state index contributed by atoms with van der Waals surface area (Å²) < 4.78 is 24.8. The summed E-state index contributed by atoms with van der Waals surface area (Å²) in [6.45, 7) is 13.3. The van der Waals surface area contributed by atoms with E-state index in [9.17, 15) is 23.6 Å². The van der Waals surface area contributed by atoms with E-state index in [0.29, 0.717) is 31.4 Å². The number of ether oxygens (including phenoxy) is 1. The Morgan fingerprint density at radius 3 is 2.30 bits per heavy atom. The number of nitrogens with zero attached hydrogens (tertiary/aromatic N) is 5. The molecule has 50 heavy (non-hydrogen) atoms. The quantitative estimate of drug-likeness (QED) is 0.285. The smallest absolute Gasteiger partial charge is 0.410 e. The van der Waals surface area contributed by atoms with E-state index in [1.165, 1.54) is 24.1 Å². The lowest BCUT2D eigenvalue weighted by atomic mass is 9.85. The molecule has 0 unspecified atom stereocenters. The van der Waals surface area contributed by atoms with Gasteiger partial charge >= 0.3 is 17.9 Å². The predicted octanol–water partition coefficient (Wildman–Crippen LogP) is 5.34. The van der Waals surface area contributed by atoms with E-state index < -0.39 is 41.0 Å². The summed E-state index contributed by atoms with van der Waals surface area (Å²) in [4.78, 5) is 58.8. The second kappa shape index (κ2) is 15.8. The molecule has 13 heteroatoms. The van der Waals surface area contributed by atoms with Crippen LogP contribution in [-0.2, 0) is 20.7 Å². The van der Waals surface area contributed by atoms with Crippen molar-refractivity contribution in [3.63, 3.8) is 0 Å². The highest BCUT2D eigenvalue weighted by Gasteiger charge is 2.42. The van der Waals surface area contributed by atoms with Crippen LogP contribution in [0.5, 0.6) is 0 Å². The van der Waals surface area contributed by atoms with Gasteiger partial charge in [-0.3, -0.25) is 19.3 Å². The zero-order valence-electron chi connectivity index (χ0n) is 30.2. The number of hydrogen-bond donors (Lipinski definition) is 1. The van der Waals surface area contributed by atoms with Crippen LogP contribution in [0.25, 0.3) is 11.5 Å². The van der Waals surface area contributed by atoms with Crippen molar-refractivity contribution in [1.29, 1.82) is 0 Å². The molecule has 1 saturated heterocycles. The van der Waals surface area contributed by atoms with Gasteiger partial charge in [0.15, 0.2) is 0 Å². The minimum Gasteiger partial charge on any atom is -0.444 e. The summed E-state index contributed by atoms with van der Waals surface area (Å²) in [6.07, 6.45) is 1.11. The summed E-state index contributed by atoms with van der Waals surface area (Å²) in [5.74, 6) is -1.59. The maximum absolute atomic E-state index is 14.3. The number of rotatable bonds is 11. The number of likely N-dealkylation sites (N-methyl/N-ethyl adjacent to an activating group) is 1. The van der Waals surface area contributed by atoms with Crippen molar-refractivity contribution in [2.24, 2.45) is 5.41 Å². The highest BCUT2D eigenvalue weighted by atomic mass is 19.1. The van der Waals surface area contributed by atoms with Crippen LogP contribution in [0.1, 0.15) is 77.6 Å². The molecule has 2 heterocycles. The molecule has 1 aromatic heterocycles. The zero-order valence-corrected chi connectivity index (χ0v) is 30.2. The normalized spacial score (nSPS) is 16.0. The van der Waals surface area contributed by atoms with Gasteiger partial charge in [-0.2, -0.15) is 0 Å². The Balaban J connectivity index is 1.53. The van der Waals surface area contributed by atoms with Crippen molar-refractivity contribution in [2.45, 2.75) is 91.5 Å². The van der Waals surface area contributed by atoms with E-state index in [1.807, 2.05) is 39.0 Å². The second-order valence-electron chi connectivity index (χ2n) is 14.8. The molecule has 3 atom stereocenters. The van der Waals surface area contributed by atoms with E-state index in [0.717, 1.165) is 5.56 Å². The van der Waals surface area contributed by atoms with Crippen LogP contribution in [0.3, 0.4) is 0 Å². The number of nitrogens with one attached hydrogen (secondary N) is 1. The molecular weight excluding hydrogens is 643 g/mol. The average Bonchev–Trinajstić information content (AvgIpc) is 3.74. The van der Waals surface area contributed by atoms with Crippen LogP contribution in [0.15, 0.2) is 59.0 Å². The second-order valence-corrected chi connectivity index (χ2v) is 14.8. The van der Waals surface area contributed by atoms with Gasteiger partial charge in [-0.05, 0) is 82.2 Å². The van der Waals surface area contributed by atoms with Gasteiger partial charge in [0.1, 0.15) is 23.5 Å². The predicted molar refractivity (Wildman–Crippen MR) is 185 cm³/mol. The van der Waals surface area contributed by atoms with E-state index in [-0.39, 0.29) is 42.6 Å². The van der Waals surface area contributed by atoms with Crippen molar-refractivity contribution in [1.82, 2.24) is 30.2 Å². The van der Waals surface area contributed by atoms with Crippen LogP contribution in [0.2, 0.25) is 0 Å². The lowest BCUT2D eigenvalue weighted by Crippen LogP contribution is -2.59. The van der Waals surface area contributed by atoms with Crippen LogP contribution in [0.4, 0.5) is 9.18 Å². The van der Waals surface area contributed by atoms with E-state index in [1.54, 1.807) is 61.8 Å². The molecule has 0 spiro atoms. The van der Waals surface area contributed by atoms with Gasteiger partial charge in [0.05, 0.1) is 0 Å². The first-order valence-corrected chi connectivity index (χ1v) is 16.9. The topological polar surface area (TPSA) is 138 Å². The number of carbonyl (C=O) groups is 4. The zero-order chi connectivity index (χ0) is 36.8. The van der Waals surface area contributed by atoms with Gasteiger partial charge in [-0.25, -0.2) is 9.18 Å². The lowest BCUT2D eigenvalue weighted by molar-refractivity contribution is -0.141. The number of amides is 4. The number of aromatic nitrogens is 2.